The highest BCUT2D eigenvalue weighted by Crippen LogP contribution is 2.41. The number of aromatic hydroxyl groups is 1. The number of hydrogen-bond donors (Lipinski definition) is 1. The lowest BCUT2D eigenvalue weighted by Crippen LogP contribution is -2.18. The van der Waals surface area contributed by atoms with Crippen molar-refractivity contribution in [1.82, 2.24) is 0 Å². The molecule has 3 aromatic carbocycles. The Morgan fingerprint density at radius 3 is 2.42 bits per heavy atom. The average molecular weight is 413 g/mol. The summed E-state index contributed by atoms with van der Waals surface area (Å²) < 4.78 is 5.40. The lowest BCUT2D eigenvalue weighted by Gasteiger charge is -2.32. The van der Waals surface area contributed by atoms with Crippen molar-refractivity contribution >= 4 is 22.8 Å². The summed E-state index contributed by atoms with van der Waals surface area (Å²) in [5.41, 5.74) is 4.81. The minimum atomic E-state index is -0.418. The number of phenols is 1. The molecule has 3 heteroatoms. The van der Waals surface area contributed by atoms with E-state index in [2.05, 4.69) is 45.1 Å². The van der Waals surface area contributed by atoms with Crippen LogP contribution in [-0.2, 0) is 0 Å². The van der Waals surface area contributed by atoms with Gasteiger partial charge in [0.1, 0.15) is 11.5 Å². The maximum Gasteiger partial charge on any atom is 0.343 e. The molecule has 0 unspecified atom stereocenters. The molecule has 0 aliphatic heterocycles. The zero-order chi connectivity index (χ0) is 22.0. The molecule has 0 fully saturated rings. The van der Waals surface area contributed by atoms with Gasteiger partial charge in [-0.05, 0) is 96.0 Å². The zero-order valence-electron chi connectivity index (χ0n) is 18.3. The Labute approximate surface area is 183 Å². The Bertz CT molecular complexity index is 1180. The predicted molar refractivity (Wildman–Crippen MR) is 126 cm³/mol. The lowest BCUT2D eigenvalue weighted by molar-refractivity contribution is 0.0734. The largest absolute Gasteiger partial charge is 0.508 e. The van der Waals surface area contributed by atoms with Crippen LogP contribution in [-0.4, -0.2) is 11.1 Å². The van der Waals surface area contributed by atoms with Gasteiger partial charge in [-0.3, -0.25) is 0 Å². The quantitative estimate of drug-likeness (QED) is 0.361. The second-order valence-electron chi connectivity index (χ2n) is 8.97. The summed E-state index contributed by atoms with van der Waals surface area (Å²) in [7, 11) is 0. The molecule has 1 aliphatic carbocycles. The number of carbonyl (C=O) groups is 1. The van der Waals surface area contributed by atoms with Crippen molar-refractivity contribution in [2.75, 3.05) is 0 Å². The van der Waals surface area contributed by atoms with Crippen molar-refractivity contribution in [1.29, 1.82) is 0 Å². The summed E-state index contributed by atoms with van der Waals surface area (Å²) >= 11 is 0. The van der Waals surface area contributed by atoms with Crippen molar-refractivity contribution < 1.29 is 14.6 Å². The zero-order valence-corrected chi connectivity index (χ0v) is 18.3. The van der Waals surface area contributed by atoms with E-state index in [0.717, 1.165) is 16.3 Å². The first-order valence-corrected chi connectivity index (χ1v) is 10.8. The molecule has 0 atom stereocenters. The number of hydrogen-bond acceptors (Lipinski definition) is 3. The topological polar surface area (TPSA) is 46.5 Å². The Morgan fingerprint density at radius 1 is 0.968 bits per heavy atom. The van der Waals surface area contributed by atoms with Crippen LogP contribution in [0.3, 0.4) is 0 Å². The monoisotopic (exact) mass is 412 g/mol. The summed E-state index contributed by atoms with van der Waals surface area (Å²) in [6.45, 7) is 6.91. The van der Waals surface area contributed by atoms with Crippen LogP contribution >= 0.6 is 0 Å². The number of rotatable bonds is 4. The first kappa shape index (κ1) is 20.9. The van der Waals surface area contributed by atoms with E-state index in [1.54, 1.807) is 18.2 Å². The number of ether oxygens (including phenoxy) is 1. The third-order valence-corrected chi connectivity index (χ3v) is 6.13. The molecule has 0 heterocycles. The molecule has 3 aromatic rings. The minimum absolute atomic E-state index is 0.133. The van der Waals surface area contributed by atoms with E-state index in [1.807, 2.05) is 18.2 Å². The maximum atomic E-state index is 12.5. The van der Waals surface area contributed by atoms with Crippen molar-refractivity contribution in [2.24, 2.45) is 5.41 Å². The Kier molecular flexibility index (Phi) is 5.69. The smallest absolute Gasteiger partial charge is 0.343 e. The summed E-state index contributed by atoms with van der Waals surface area (Å²) in [5.74, 6) is 0.117. The van der Waals surface area contributed by atoms with E-state index in [9.17, 15) is 9.90 Å². The van der Waals surface area contributed by atoms with Gasteiger partial charge in [0.2, 0.25) is 0 Å². The fourth-order valence-electron chi connectivity index (χ4n) is 4.36. The summed E-state index contributed by atoms with van der Waals surface area (Å²) in [5, 5.41) is 11.4. The number of fused-ring (bicyclic) bond motifs is 1. The molecule has 1 N–H and O–H groups in total. The molecule has 0 saturated heterocycles. The molecular formula is C28H28O3. The normalized spacial score (nSPS) is 16.1. The Hall–Kier alpha value is -3.33. The second-order valence-corrected chi connectivity index (χ2v) is 8.97. The summed E-state index contributed by atoms with van der Waals surface area (Å²) in [4.78, 5) is 12.5. The van der Waals surface area contributed by atoms with Gasteiger partial charge in [-0.25, -0.2) is 4.79 Å². The van der Waals surface area contributed by atoms with Crippen LogP contribution in [0.5, 0.6) is 11.5 Å². The highest BCUT2D eigenvalue weighted by Gasteiger charge is 2.26. The number of esters is 1. The van der Waals surface area contributed by atoms with Crippen LogP contribution in [0.1, 0.15) is 56.0 Å². The molecule has 31 heavy (non-hydrogen) atoms. The van der Waals surface area contributed by atoms with Crippen LogP contribution in [0.15, 0.2) is 77.9 Å². The molecule has 0 aromatic heterocycles. The first-order valence-electron chi connectivity index (χ1n) is 10.8. The SMILES string of the molecule is CC1=C(C=Cc2ccc3cc(C(=O)Oc4ccc(O)cc4)ccc3c2)C(C)(C)CCC1. The van der Waals surface area contributed by atoms with Crippen LogP contribution in [0.25, 0.3) is 16.8 Å². The Balaban J connectivity index is 1.54. The van der Waals surface area contributed by atoms with Gasteiger partial charge >= 0.3 is 5.97 Å². The molecule has 0 spiro atoms. The van der Waals surface area contributed by atoms with Gasteiger partial charge in [-0.2, -0.15) is 0 Å². The van der Waals surface area contributed by atoms with Gasteiger partial charge in [0.15, 0.2) is 0 Å². The molecule has 0 bridgehead atoms. The molecule has 3 nitrogen and oxygen atoms in total. The van der Waals surface area contributed by atoms with E-state index in [1.165, 1.54) is 42.5 Å². The first-order chi connectivity index (χ1) is 14.8. The van der Waals surface area contributed by atoms with E-state index >= 15 is 0 Å². The van der Waals surface area contributed by atoms with Gasteiger partial charge in [0, 0.05) is 0 Å². The van der Waals surface area contributed by atoms with Gasteiger partial charge < -0.3 is 9.84 Å². The average Bonchev–Trinajstić information content (AvgIpc) is 2.74. The molecule has 4 rings (SSSR count). The summed E-state index contributed by atoms with van der Waals surface area (Å²) in [6, 6.07) is 18.0. The van der Waals surface area contributed by atoms with E-state index in [-0.39, 0.29) is 11.2 Å². The number of benzene rings is 3. The van der Waals surface area contributed by atoms with Crippen molar-refractivity contribution in [3.8, 4) is 11.5 Å². The van der Waals surface area contributed by atoms with Crippen LogP contribution in [0.2, 0.25) is 0 Å². The molecule has 0 amide bonds. The standard InChI is InChI=1S/C28H28O3/c1-19-5-4-16-28(2,3)26(19)15-7-20-6-8-22-18-23(10-9-21(22)17-20)27(30)31-25-13-11-24(29)12-14-25/h6-15,17-18,29H,4-5,16H2,1-3H3. The Morgan fingerprint density at radius 2 is 1.68 bits per heavy atom. The lowest BCUT2D eigenvalue weighted by atomic mass is 9.72. The van der Waals surface area contributed by atoms with Gasteiger partial charge in [-0.1, -0.05) is 49.8 Å². The molecule has 0 radical (unpaired) electrons. The fourth-order valence-corrected chi connectivity index (χ4v) is 4.36. The number of carbonyl (C=O) groups excluding carboxylic acids is 1. The summed E-state index contributed by atoms with van der Waals surface area (Å²) in [6.07, 6.45) is 8.15. The third kappa shape index (κ3) is 4.72. The predicted octanol–water partition coefficient (Wildman–Crippen LogP) is 7.30. The van der Waals surface area contributed by atoms with Gasteiger partial charge in [-0.15, -0.1) is 0 Å². The molecule has 1 aliphatic rings. The third-order valence-electron chi connectivity index (χ3n) is 6.13. The molecule has 0 saturated carbocycles. The number of phenolic OH excluding ortho intramolecular Hbond substituents is 1. The van der Waals surface area contributed by atoms with Gasteiger partial charge in [0.05, 0.1) is 5.56 Å². The highest BCUT2D eigenvalue weighted by molar-refractivity contribution is 5.96. The minimum Gasteiger partial charge on any atom is -0.508 e. The van der Waals surface area contributed by atoms with E-state index < -0.39 is 5.97 Å². The van der Waals surface area contributed by atoms with Crippen molar-refractivity contribution in [2.45, 2.75) is 40.0 Å². The molecule has 158 valence electrons. The second kappa shape index (κ2) is 8.43. The van der Waals surface area contributed by atoms with Crippen molar-refractivity contribution in [3.05, 3.63) is 89.0 Å². The maximum absolute atomic E-state index is 12.5. The highest BCUT2D eigenvalue weighted by atomic mass is 16.5. The van der Waals surface area contributed by atoms with E-state index in [4.69, 9.17) is 4.74 Å². The molecular weight excluding hydrogens is 384 g/mol. The number of allylic oxidation sites excluding steroid dienone is 3. The van der Waals surface area contributed by atoms with Crippen molar-refractivity contribution in [3.63, 3.8) is 0 Å². The van der Waals surface area contributed by atoms with Crippen LogP contribution in [0.4, 0.5) is 0 Å². The van der Waals surface area contributed by atoms with Crippen LogP contribution in [0, 0.1) is 5.41 Å². The van der Waals surface area contributed by atoms with Gasteiger partial charge in [0.25, 0.3) is 0 Å². The van der Waals surface area contributed by atoms with E-state index in [0.29, 0.717) is 11.3 Å². The fraction of sp³-hybridized carbons (Fsp3) is 0.250. The van der Waals surface area contributed by atoms with Crippen LogP contribution < -0.4 is 4.74 Å².